The maximum absolute atomic E-state index is 13.8. The minimum Gasteiger partial charge on any atom is -0.488 e. The first-order valence-corrected chi connectivity index (χ1v) is 9.06. The highest BCUT2D eigenvalue weighted by Gasteiger charge is 2.11. The second-order valence-electron chi connectivity index (χ2n) is 5.24. The lowest BCUT2D eigenvalue weighted by molar-refractivity contribution is -0.139. The highest BCUT2D eigenvalue weighted by molar-refractivity contribution is 9.10. The summed E-state index contributed by atoms with van der Waals surface area (Å²) >= 11 is 9.33. The van der Waals surface area contributed by atoms with Crippen LogP contribution < -0.4 is 15.5 Å². The van der Waals surface area contributed by atoms with Crippen molar-refractivity contribution in [1.29, 1.82) is 0 Å². The molecule has 0 heterocycles. The van der Waals surface area contributed by atoms with Gasteiger partial charge in [-0.15, -0.1) is 0 Å². The Morgan fingerprint density at radius 1 is 1.30 bits per heavy atom. The van der Waals surface area contributed by atoms with E-state index in [1.165, 1.54) is 18.3 Å². The first-order valence-electron chi connectivity index (χ1n) is 7.88. The molecule has 0 aliphatic rings. The molecule has 0 radical (unpaired) electrons. The van der Waals surface area contributed by atoms with Crippen LogP contribution in [0.2, 0.25) is 5.02 Å². The second kappa shape index (κ2) is 10.0. The Bertz CT molecular complexity index is 857. The number of ether oxygens (including phenoxy) is 1. The Kier molecular flexibility index (Phi) is 7.75. The van der Waals surface area contributed by atoms with Crippen molar-refractivity contribution in [1.82, 2.24) is 10.7 Å². The van der Waals surface area contributed by atoms with Crippen LogP contribution in [0.25, 0.3) is 0 Å². The summed E-state index contributed by atoms with van der Waals surface area (Å²) in [5, 5.41) is 6.37. The van der Waals surface area contributed by atoms with E-state index < -0.39 is 17.6 Å². The van der Waals surface area contributed by atoms with Gasteiger partial charge in [-0.3, -0.25) is 9.59 Å². The molecule has 0 aliphatic heterocycles. The summed E-state index contributed by atoms with van der Waals surface area (Å²) in [5.74, 6) is -1.57. The molecule has 9 heteroatoms. The zero-order valence-electron chi connectivity index (χ0n) is 14.3. The third kappa shape index (κ3) is 6.04. The quantitative estimate of drug-likeness (QED) is 0.397. The molecule has 2 rings (SSSR count). The lowest BCUT2D eigenvalue weighted by atomic mass is 10.2. The molecule has 2 amide bonds. The molecule has 0 atom stereocenters. The lowest BCUT2D eigenvalue weighted by Gasteiger charge is -2.10. The summed E-state index contributed by atoms with van der Waals surface area (Å²) in [5.41, 5.74) is 3.04. The highest BCUT2D eigenvalue weighted by atomic mass is 79.9. The van der Waals surface area contributed by atoms with Gasteiger partial charge in [-0.1, -0.05) is 17.7 Å². The molecule has 0 aliphatic carbocycles. The third-order valence-electron chi connectivity index (χ3n) is 3.31. The van der Waals surface area contributed by atoms with Crippen molar-refractivity contribution in [2.45, 2.75) is 13.5 Å². The van der Waals surface area contributed by atoms with E-state index in [0.29, 0.717) is 22.3 Å². The molecule has 0 bridgehead atoms. The molecule has 2 aromatic rings. The minimum absolute atomic E-state index is 0.0276. The van der Waals surface area contributed by atoms with Gasteiger partial charge < -0.3 is 10.1 Å². The SMILES string of the molecule is CCNC(=O)C(=O)N/N=C\c1ccc(OCc2c(F)cccc2Cl)c(Br)c1. The van der Waals surface area contributed by atoms with Gasteiger partial charge in [0.15, 0.2) is 0 Å². The number of hydrogen-bond donors (Lipinski definition) is 2. The topological polar surface area (TPSA) is 79.8 Å². The Hall–Kier alpha value is -2.45. The van der Waals surface area contributed by atoms with Crippen molar-refractivity contribution in [3.63, 3.8) is 0 Å². The second-order valence-corrected chi connectivity index (χ2v) is 6.50. The van der Waals surface area contributed by atoms with Gasteiger partial charge in [-0.05, 0) is 58.7 Å². The number of carbonyl (C=O) groups excluding carboxylic acids is 2. The van der Waals surface area contributed by atoms with Crippen molar-refractivity contribution in [3.8, 4) is 5.75 Å². The number of benzene rings is 2. The first kappa shape index (κ1) is 20.9. The van der Waals surface area contributed by atoms with E-state index in [4.69, 9.17) is 16.3 Å². The maximum atomic E-state index is 13.8. The van der Waals surface area contributed by atoms with Crippen LogP contribution in [-0.2, 0) is 16.2 Å². The maximum Gasteiger partial charge on any atom is 0.329 e. The lowest BCUT2D eigenvalue weighted by Crippen LogP contribution is -2.37. The standard InChI is InChI=1S/C18H16BrClFN3O3/c1-2-22-17(25)18(26)24-23-9-11-6-7-16(13(19)8-11)27-10-12-14(20)4-3-5-15(12)21/h3-9H,2,10H2,1H3,(H,22,25)(H,24,26)/b23-9-. The van der Waals surface area contributed by atoms with Crippen molar-refractivity contribution >= 4 is 45.6 Å². The fourth-order valence-electron chi connectivity index (χ4n) is 1.99. The van der Waals surface area contributed by atoms with Crippen LogP contribution in [-0.4, -0.2) is 24.6 Å². The van der Waals surface area contributed by atoms with E-state index in [2.05, 4.69) is 31.8 Å². The molecule has 0 spiro atoms. The van der Waals surface area contributed by atoms with E-state index in [-0.39, 0.29) is 17.2 Å². The Balaban J connectivity index is 1.98. The molecule has 0 aromatic heterocycles. The van der Waals surface area contributed by atoms with Crippen molar-refractivity contribution < 1.29 is 18.7 Å². The molecule has 0 saturated carbocycles. The Morgan fingerprint density at radius 3 is 2.74 bits per heavy atom. The molecular formula is C18H16BrClFN3O3. The molecule has 0 unspecified atom stereocenters. The molecule has 0 fully saturated rings. The fraction of sp³-hybridized carbons (Fsp3) is 0.167. The van der Waals surface area contributed by atoms with E-state index in [9.17, 15) is 14.0 Å². The summed E-state index contributed by atoms with van der Waals surface area (Å²) in [6.07, 6.45) is 1.37. The third-order valence-corrected chi connectivity index (χ3v) is 4.29. The van der Waals surface area contributed by atoms with E-state index >= 15 is 0 Å². The summed E-state index contributed by atoms with van der Waals surface area (Å²) in [6.45, 7) is 2.03. The Morgan fingerprint density at radius 2 is 2.07 bits per heavy atom. The number of rotatable bonds is 6. The monoisotopic (exact) mass is 455 g/mol. The van der Waals surface area contributed by atoms with E-state index in [1.54, 1.807) is 31.2 Å². The van der Waals surface area contributed by atoms with Crippen molar-refractivity contribution in [2.24, 2.45) is 5.10 Å². The summed E-state index contributed by atoms with van der Waals surface area (Å²) in [4.78, 5) is 22.7. The normalized spacial score (nSPS) is 10.7. The summed E-state index contributed by atoms with van der Waals surface area (Å²) in [6, 6.07) is 9.47. The van der Waals surface area contributed by atoms with Crippen LogP contribution in [0.5, 0.6) is 5.75 Å². The van der Waals surface area contributed by atoms with Gasteiger partial charge in [-0.2, -0.15) is 5.10 Å². The molecule has 0 saturated heterocycles. The number of carbonyl (C=O) groups is 2. The summed E-state index contributed by atoms with van der Waals surface area (Å²) in [7, 11) is 0. The summed E-state index contributed by atoms with van der Waals surface area (Å²) < 4.78 is 20.0. The number of nitrogens with one attached hydrogen (secondary N) is 2. The molecular weight excluding hydrogens is 441 g/mol. The molecule has 6 nitrogen and oxygen atoms in total. The number of nitrogens with zero attached hydrogens (tertiary/aromatic N) is 1. The van der Waals surface area contributed by atoms with Crippen LogP contribution in [0.15, 0.2) is 46.0 Å². The smallest absolute Gasteiger partial charge is 0.329 e. The molecule has 142 valence electrons. The average molecular weight is 457 g/mol. The number of likely N-dealkylation sites (N-methyl/N-ethyl adjacent to an activating group) is 1. The fourth-order valence-corrected chi connectivity index (χ4v) is 2.72. The van der Waals surface area contributed by atoms with E-state index in [0.717, 1.165) is 0 Å². The zero-order chi connectivity index (χ0) is 19.8. The van der Waals surface area contributed by atoms with Gasteiger partial charge in [-0.25, -0.2) is 9.82 Å². The predicted octanol–water partition coefficient (Wildman–Crippen LogP) is 3.41. The zero-order valence-corrected chi connectivity index (χ0v) is 16.6. The van der Waals surface area contributed by atoms with Crippen LogP contribution >= 0.6 is 27.5 Å². The van der Waals surface area contributed by atoms with Gasteiger partial charge in [0.05, 0.1) is 15.7 Å². The van der Waals surface area contributed by atoms with Gasteiger partial charge in [0.2, 0.25) is 0 Å². The van der Waals surface area contributed by atoms with Gasteiger partial charge in [0.1, 0.15) is 18.2 Å². The van der Waals surface area contributed by atoms with E-state index in [1.807, 2.05) is 0 Å². The Labute approximate surface area is 168 Å². The van der Waals surface area contributed by atoms with Crippen molar-refractivity contribution in [2.75, 3.05) is 6.54 Å². The average Bonchev–Trinajstić information content (AvgIpc) is 2.63. The van der Waals surface area contributed by atoms with Crippen LogP contribution in [0, 0.1) is 5.82 Å². The van der Waals surface area contributed by atoms with Gasteiger partial charge in [0, 0.05) is 12.1 Å². The largest absolute Gasteiger partial charge is 0.488 e. The van der Waals surface area contributed by atoms with Gasteiger partial charge >= 0.3 is 11.8 Å². The minimum atomic E-state index is -0.853. The first-order chi connectivity index (χ1) is 12.9. The molecule has 2 N–H and O–H groups in total. The van der Waals surface area contributed by atoms with Crippen LogP contribution in [0.4, 0.5) is 4.39 Å². The van der Waals surface area contributed by atoms with Crippen molar-refractivity contribution in [3.05, 3.63) is 62.8 Å². The number of halogens is 3. The molecule has 2 aromatic carbocycles. The number of hydrogen-bond acceptors (Lipinski definition) is 4. The number of amides is 2. The van der Waals surface area contributed by atoms with Crippen LogP contribution in [0.3, 0.4) is 0 Å². The molecule has 27 heavy (non-hydrogen) atoms. The van der Waals surface area contributed by atoms with Crippen LogP contribution in [0.1, 0.15) is 18.1 Å². The number of hydrazone groups is 1. The highest BCUT2D eigenvalue weighted by Crippen LogP contribution is 2.28. The predicted molar refractivity (Wildman–Crippen MR) is 104 cm³/mol. The van der Waals surface area contributed by atoms with Gasteiger partial charge in [0.25, 0.3) is 0 Å².